The molecule has 0 amide bonds. The van der Waals surface area contributed by atoms with Crippen molar-refractivity contribution >= 4 is 0 Å². The maximum atomic E-state index is 13.0. The van der Waals surface area contributed by atoms with Crippen molar-refractivity contribution < 1.29 is 4.39 Å². The van der Waals surface area contributed by atoms with E-state index in [9.17, 15) is 4.39 Å². The lowest BCUT2D eigenvalue weighted by atomic mass is 9.97. The Bertz CT molecular complexity index is 433. The third-order valence-electron chi connectivity index (χ3n) is 5.33. The fourth-order valence-corrected chi connectivity index (χ4v) is 4.03. The van der Waals surface area contributed by atoms with Gasteiger partial charge in [0.2, 0.25) is 0 Å². The van der Waals surface area contributed by atoms with Gasteiger partial charge in [0.15, 0.2) is 0 Å². The number of nitrogens with zero attached hydrogens (tertiary/aromatic N) is 1. The third-order valence-corrected chi connectivity index (χ3v) is 5.33. The summed E-state index contributed by atoms with van der Waals surface area (Å²) in [5.41, 5.74) is 1.26. The van der Waals surface area contributed by atoms with Crippen molar-refractivity contribution in [2.24, 2.45) is 5.92 Å². The quantitative estimate of drug-likeness (QED) is 0.863. The molecular weight excluding hydrogens is 275 g/mol. The minimum absolute atomic E-state index is 0.135. The van der Waals surface area contributed by atoms with E-state index < -0.39 is 0 Å². The number of hydrogen-bond acceptors (Lipinski definition) is 2. The fourth-order valence-electron chi connectivity index (χ4n) is 4.03. The zero-order valence-electron chi connectivity index (χ0n) is 13.6. The van der Waals surface area contributed by atoms with E-state index in [-0.39, 0.29) is 5.82 Å². The molecule has 2 fully saturated rings. The summed E-state index contributed by atoms with van der Waals surface area (Å²) in [4.78, 5) is 2.73. The van der Waals surface area contributed by atoms with Gasteiger partial charge in [-0.2, -0.15) is 0 Å². The van der Waals surface area contributed by atoms with Crippen LogP contribution in [0.15, 0.2) is 24.3 Å². The Hall–Kier alpha value is -0.930. The summed E-state index contributed by atoms with van der Waals surface area (Å²) in [7, 11) is 0. The van der Waals surface area contributed by atoms with Crippen LogP contribution < -0.4 is 5.32 Å². The average molecular weight is 304 g/mol. The second-order valence-electron chi connectivity index (χ2n) is 7.02. The molecular formula is C19H29FN2. The van der Waals surface area contributed by atoms with Crippen LogP contribution in [0.1, 0.15) is 44.1 Å². The summed E-state index contributed by atoms with van der Waals surface area (Å²) in [5.74, 6) is 0.673. The van der Waals surface area contributed by atoms with Gasteiger partial charge in [-0.25, -0.2) is 4.39 Å². The van der Waals surface area contributed by atoms with Crippen molar-refractivity contribution in [1.29, 1.82) is 0 Å². The largest absolute Gasteiger partial charge is 0.316 e. The van der Waals surface area contributed by atoms with Gasteiger partial charge in [-0.05, 0) is 68.8 Å². The normalized spacial score (nSPS) is 23.3. The van der Waals surface area contributed by atoms with E-state index in [2.05, 4.69) is 10.2 Å². The SMILES string of the molecule is Fc1ccc(CCN(CC2CCCNC2)C2CCCC2)cc1. The number of nitrogens with one attached hydrogen (secondary N) is 1. The summed E-state index contributed by atoms with van der Waals surface area (Å²) >= 11 is 0. The van der Waals surface area contributed by atoms with Crippen molar-refractivity contribution in [3.8, 4) is 0 Å². The molecule has 1 aliphatic carbocycles. The molecule has 1 aliphatic heterocycles. The Balaban J connectivity index is 1.56. The molecule has 22 heavy (non-hydrogen) atoms. The second-order valence-corrected chi connectivity index (χ2v) is 7.02. The smallest absolute Gasteiger partial charge is 0.123 e. The lowest BCUT2D eigenvalue weighted by molar-refractivity contribution is 0.156. The van der Waals surface area contributed by atoms with Gasteiger partial charge in [-0.1, -0.05) is 25.0 Å². The van der Waals surface area contributed by atoms with Gasteiger partial charge < -0.3 is 5.32 Å². The molecule has 1 N–H and O–H groups in total. The van der Waals surface area contributed by atoms with Crippen LogP contribution in [-0.4, -0.2) is 37.1 Å². The second kappa shape index (κ2) is 8.07. The van der Waals surface area contributed by atoms with Crippen LogP contribution in [0.3, 0.4) is 0 Å². The zero-order chi connectivity index (χ0) is 15.2. The highest BCUT2D eigenvalue weighted by molar-refractivity contribution is 5.16. The average Bonchev–Trinajstić information content (AvgIpc) is 3.08. The lowest BCUT2D eigenvalue weighted by Gasteiger charge is -2.34. The predicted octanol–water partition coefficient (Wildman–Crippen LogP) is 3.61. The molecule has 0 bridgehead atoms. The minimum atomic E-state index is -0.135. The van der Waals surface area contributed by atoms with Crippen LogP contribution in [-0.2, 0) is 6.42 Å². The summed E-state index contributed by atoms with van der Waals surface area (Å²) in [6.45, 7) is 4.72. The first-order valence-corrected chi connectivity index (χ1v) is 9.00. The first-order valence-electron chi connectivity index (χ1n) is 9.00. The molecule has 1 aromatic carbocycles. The molecule has 3 rings (SSSR count). The van der Waals surface area contributed by atoms with E-state index in [0.717, 1.165) is 24.9 Å². The topological polar surface area (TPSA) is 15.3 Å². The number of rotatable bonds is 6. The van der Waals surface area contributed by atoms with E-state index in [1.54, 1.807) is 12.1 Å². The molecule has 2 nitrogen and oxygen atoms in total. The van der Waals surface area contributed by atoms with Crippen molar-refractivity contribution in [1.82, 2.24) is 10.2 Å². The van der Waals surface area contributed by atoms with Gasteiger partial charge in [0.1, 0.15) is 5.82 Å². The summed E-state index contributed by atoms with van der Waals surface area (Å²) < 4.78 is 13.0. The first kappa shape index (κ1) is 15.9. The Labute approximate surface area is 134 Å². The van der Waals surface area contributed by atoms with E-state index in [1.165, 1.54) is 63.7 Å². The maximum Gasteiger partial charge on any atom is 0.123 e. The minimum Gasteiger partial charge on any atom is -0.316 e. The molecule has 3 heteroatoms. The van der Waals surface area contributed by atoms with Crippen LogP contribution in [0.2, 0.25) is 0 Å². The highest BCUT2D eigenvalue weighted by Gasteiger charge is 2.25. The van der Waals surface area contributed by atoms with E-state index in [1.807, 2.05) is 12.1 Å². The molecule has 1 atom stereocenters. The zero-order valence-corrected chi connectivity index (χ0v) is 13.6. The molecule has 1 saturated carbocycles. The number of halogens is 1. The van der Waals surface area contributed by atoms with Gasteiger partial charge in [0.25, 0.3) is 0 Å². The number of piperidine rings is 1. The lowest BCUT2D eigenvalue weighted by Crippen LogP contribution is -2.43. The molecule has 0 spiro atoms. The standard InChI is InChI=1S/C19H29FN2/c20-18-9-7-16(8-10-18)11-13-22(19-5-1-2-6-19)15-17-4-3-12-21-14-17/h7-10,17,19,21H,1-6,11-15H2. The van der Waals surface area contributed by atoms with Crippen LogP contribution in [0.4, 0.5) is 4.39 Å². The van der Waals surface area contributed by atoms with Gasteiger partial charge >= 0.3 is 0 Å². The monoisotopic (exact) mass is 304 g/mol. The Morgan fingerprint density at radius 1 is 1.05 bits per heavy atom. The molecule has 1 unspecified atom stereocenters. The van der Waals surface area contributed by atoms with E-state index >= 15 is 0 Å². The van der Waals surface area contributed by atoms with Gasteiger partial charge in [0.05, 0.1) is 0 Å². The third kappa shape index (κ3) is 4.53. The highest BCUT2D eigenvalue weighted by Crippen LogP contribution is 2.25. The van der Waals surface area contributed by atoms with Crippen LogP contribution in [0, 0.1) is 11.7 Å². The van der Waals surface area contributed by atoms with Crippen LogP contribution >= 0.6 is 0 Å². The fraction of sp³-hybridized carbons (Fsp3) is 0.684. The summed E-state index contributed by atoms with van der Waals surface area (Å²) in [5, 5.41) is 3.54. The molecule has 1 saturated heterocycles. The van der Waals surface area contributed by atoms with Crippen molar-refractivity contribution in [3.05, 3.63) is 35.6 Å². The molecule has 1 aromatic rings. The molecule has 0 aromatic heterocycles. The Kier molecular flexibility index (Phi) is 5.85. The molecule has 1 heterocycles. The summed E-state index contributed by atoms with van der Waals surface area (Å²) in [6.07, 6.45) is 9.24. The van der Waals surface area contributed by atoms with E-state index in [0.29, 0.717) is 0 Å². The van der Waals surface area contributed by atoms with Gasteiger partial charge in [-0.3, -0.25) is 4.90 Å². The van der Waals surface area contributed by atoms with Crippen molar-refractivity contribution in [2.75, 3.05) is 26.2 Å². The first-order chi connectivity index (χ1) is 10.8. The Morgan fingerprint density at radius 3 is 2.50 bits per heavy atom. The summed E-state index contributed by atoms with van der Waals surface area (Å²) in [6, 6.07) is 7.82. The maximum absolute atomic E-state index is 13.0. The Morgan fingerprint density at radius 2 is 1.82 bits per heavy atom. The van der Waals surface area contributed by atoms with Crippen molar-refractivity contribution in [2.45, 2.75) is 51.0 Å². The number of hydrogen-bond donors (Lipinski definition) is 1. The highest BCUT2D eigenvalue weighted by atomic mass is 19.1. The number of benzene rings is 1. The van der Waals surface area contributed by atoms with Gasteiger partial charge in [0, 0.05) is 19.1 Å². The molecule has 122 valence electrons. The van der Waals surface area contributed by atoms with Crippen molar-refractivity contribution in [3.63, 3.8) is 0 Å². The van der Waals surface area contributed by atoms with E-state index in [4.69, 9.17) is 0 Å². The molecule has 2 aliphatic rings. The predicted molar refractivity (Wildman–Crippen MR) is 89.5 cm³/mol. The van der Waals surface area contributed by atoms with Crippen LogP contribution in [0.5, 0.6) is 0 Å². The molecule has 0 radical (unpaired) electrons. The van der Waals surface area contributed by atoms with Crippen LogP contribution in [0.25, 0.3) is 0 Å². The van der Waals surface area contributed by atoms with Gasteiger partial charge in [-0.15, -0.1) is 0 Å².